The lowest BCUT2D eigenvalue weighted by molar-refractivity contribution is -0.113. The summed E-state index contributed by atoms with van der Waals surface area (Å²) in [7, 11) is 0. The maximum atomic E-state index is 12.5. The zero-order valence-electron chi connectivity index (χ0n) is 18.9. The molecule has 33 heavy (non-hydrogen) atoms. The number of amides is 1. The number of nitrogens with one attached hydrogen (secondary N) is 1. The molecule has 1 N–H and O–H groups in total. The maximum Gasteiger partial charge on any atom is 0.234 e. The number of thioether (sulfide) groups is 1. The van der Waals surface area contributed by atoms with Crippen molar-refractivity contribution < 1.29 is 14.3 Å². The van der Waals surface area contributed by atoms with E-state index in [-0.39, 0.29) is 18.3 Å². The third-order valence-corrected chi connectivity index (χ3v) is 6.12. The van der Waals surface area contributed by atoms with E-state index in [1.54, 1.807) is 6.08 Å². The molecule has 0 saturated heterocycles. The lowest BCUT2D eigenvalue weighted by Crippen LogP contribution is -2.15. The third-order valence-electron chi connectivity index (χ3n) is 4.66. The van der Waals surface area contributed by atoms with Gasteiger partial charge in [-0.05, 0) is 62.2 Å². The molecule has 1 aromatic heterocycles. The number of allylic oxidation sites excluding steroid dienone is 1. The number of carbonyl (C=O) groups is 1. The second kappa shape index (κ2) is 11.9. The predicted molar refractivity (Wildman–Crippen MR) is 135 cm³/mol. The van der Waals surface area contributed by atoms with Gasteiger partial charge >= 0.3 is 0 Å². The van der Waals surface area contributed by atoms with Gasteiger partial charge in [0, 0.05) is 16.7 Å². The smallest absolute Gasteiger partial charge is 0.234 e. The summed E-state index contributed by atoms with van der Waals surface area (Å²) >= 11 is 4.75. The van der Waals surface area contributed by atoms with Crippen molar-refractivity contribution in [2.75, 3.05) is 17.7 Å². The van der Waals surface area contributed by atoms with Crippen LogP contribution in [0.3, 0.4) is 0 Å². The molecule has 0 bridgehead atoms. The first-order chi connectivity index (χ1) is 15.9. The van der Waals surface area contributed by atoms with Gasteiger partial charge in [-0.1, -0.05) is 39.8 Å². The predicted octanol–water partition coefficient (Wildman–Crippen LogP) is 5.55. The summed E-state index contributed by atoms with van der Waals surface area (Å²) in [6.07, 6.45) is 1.76. The molecule has 0 spiro atoms. The highest BCUT2D eigenvalue weighted by Crippen LogP contribution is 2.29. The van der Waals surface area contributed by atoms with E-state index in [1.807, 2.05) is 61.7 Å². The Hall–Kier alpha value is -2.78. The van der Waals surface area contributed by atoms with Gasteiger partial charge < -0.3 is 14.8 Å². The Morgan fingerprint density at radius 3 is 2.73 bits per heavy atom. The number of ether oxygens (including phenoxy) is 2. The number of carbonyl (C=O) groups excluding carboxylic acids is 1. The normalized spacial score (nSPS) is 10.7. The minimum Gasteiger partial charge on any atom is -0.490 e. The van der Waals surface area contributed by atoms with Crippen LogP contribution in [0.4, 0.5) is 5.69 Å². The second-order valence-corrected chi connectivity index (χ2v) is 9.12. The molecule has 1 amide bonds. The third kappa shape index (κ3) is 6.85. The van der Waals surface area contributed by atoms with Crippen LogP contribution in [0.25, 0.3) is 0 Å². The molecular formula is C24H27BrN4O3S. The summed E-state index contributed by atoms with van der Waals surface area (Å²) in [6, 6.07) is 11.5. The molecule has 0 saturated carbocycles. The lowest BCUT2D eigenvalue weighted by Gasteiger charge is -2.13. The highest BCUT2D eigenvalue weighted by molar-refractivity contribution is 9.10. The molecular weight excluding hydrogens is 504 g/mol. The molecule has 0 aliphatic carbocycles. The van der Waals surface area contributed by atoms with E-state index < -0.39 is 0 Å². The van der Waals surface area contributed by atoms with E-state index in [2.05, 4.69) is 38.0 Å². The Morgan fingerprint density at radius 1 is 1.18 bits per heavy atom. The van der Waals surface area contributed by atoms with Crippen molar-refractivity contribution in [1.82, 2.24) is 14.8 Å². The van der Waals surface area contributed by atoms with Gasteiger partial charge in [0.2, 0.25) is 5.91 Å². The van der Waals surface area contributed by atoms with Crippen LogP contribution in [0.2, 0.25) is 0 Å². The number of hydrogen-bond acceptors (Lipinski definition) is 6. The first-order valence-electron chi connectivity index (χ1n) is 10.5. The second-order valence-electron chi connectivity index (χ2n) is 7.27. The molecule has 3 aromatic rings. The Balaban J connectivity index is 1.65. The van der Waals surface area contributed by atoms with Gasteiger partial charge in [-0.3, -0.25) is 9.36 Å². The van der Waals surface area contributed by atoms with Crippen LogP contribution in [-0.4, -0.2) is 33.0 Å². The van der Waals surface area contributed by atoms with Gasteiger partial charge in [-0.25, -0.2) is 0 Å². The maximum absolute atomic E-state index is 12.5. The fraction of sp³-hybridized carbons (Fsp3) is 0.292. The van der Waals surface area contributed by atoms with Crippen LogP contribution in [0, 0.1) is 13.8 Å². The Morgan fingerprint density at radius 2 is 2.00 bits per heavy atom. The number of rotatable bonds is 11. The summed E-state index contributed by atoms with van der Waals surface area (Å²) < 4.78 is 14.5. The highest BCUT2D eigenvalue weighted by atomic mass is 79.9. The van der Waals surface area contributed by atoms with Gasteiger partial charge in [-0.15, -0.1) is 16.8 Å². The van der Waals surface area contributed by atoms with Crippen molar-refractivity contribution >= 4 is 39.3 Å². The van der Waals surface area contributed by atoms with Crippen molar-refractivity contribution in [2.24, 2.45) is 0 Å². The minimum atomic E-state index is -0.114. The number of aryl methyl sites for hydroxylation is 2. The van der Waals surface area contributed by atoms with E-state index in [0.717, 1.165) is 21.3 Å². The minimum absolute atomic E-state index is 0.114. The highest BCUT2D eigenvalue weighted by Gasteiger charge is 2.15. The van der Waals surface area contributed by atoms with Gasteiger partial charge in [-0.2, -0.15) is 0 Å². The number of nitrogens with zero attached hydrogens (tertiary/aromatic N) is 3. The van der Waals surface area contributed by atoms with Crippen LogP contribution < -0.4 is 14.8 Å². The molecule has 0 fully saturated rings. The standard InChI is InChI=1S/C24H27BrN4O3S/c1-5-11-29-22(14-32-20-10-7-16(3)12-21(20)31-6-2)27-28-24(29)33-15-23(30)26-19-9-8-18(25)13-17(19)4/h5,7-10,12-13H,1,6,11,14-15H2,2-4H3,(H,26,30). The van der Waals surface area contributed by atoms with Crippen molar-refractivity contribution in [1.29, 1.82) is 0 Å². The molecule has 0 aliphatic rings. The molecule has 0 atom stereocenters. The van der Waals surface area contributed by atoms with Crippen LogP contribution in [0.5, 0.6) is 11.5 Å². The van der Waals surface area contributed by atoms with Crippen LogP contribution >= 0.6 is 27.7 Å². The number of anilines is 1. The first kappa shape index (κ1) is 24.9. The van der Waals surface area contributed by atoms with Crippen molar-refractivity contribution in [2.45, 2.75) is 39.1 Å². The van der Waals surface area contributed by atoms with E-state index in [1.165, 1.54) is 11.8 Å². The number of aromatic nitrogens is 3. The Labute approximate surface area is 206 Å². The Bertz CT molecular complexity index is 1130. The summed E-state index contributed by atoms with van der Waals surface area (Å²) in [5.41, 5.74) is 2.86. The van der Waals surface area contributed by atoms with Gasteiger partial charge in [0.05, 0.1) is 12.4 Å². The topological polar surface area (TPSA) is 78.3 Å². The molecule has 0 aliphatic heterocycles. The number of halogens is 1. The van der Waals surface area contributed by atoms with E-state index in [9.17, 15) is 4.79 Å². The zero-order valence-corrected chi connectivity index (χ0v) is 21.3. The summed E-state index contributed by atoms with van der Waals surface area (Å²) in [5, 5.41) is 12.1. The van der Waals surface area contributed by atoms with Gasteiger partial charge in [0.1, 0.15) is 6.61 Å². The van der Waals surface area contributed by atoms with Gasteiger partial charge in [0.25, 0.3) is 0 Å². The molecule has 2 aromatic carbocycles. The average molecular weight is 531 g/mol. The van der Waals surface area contributed by atoms with E-state index >= 15 is 0 Å². The zero-order chi connectivity index (χ0) is 23.8. The SMILES string of the molecule is C=CCn1c(COc2ccc(C)cc2OCC)nnc1SCC(=O)Nc1ccc(Br)cc1C. The quantitative estimate of drug-likeness (QED) is 0.258. The molecule has 0 unspecified atom stereocenters. The van der Waals surface area contributed by atoms with Crippen molar-refractivity contribution in [3.8, 4) is 11.5 Å². The summed E-state index contributed by atoms with van der Waals surface area (Å²) in [5.74, 6) is 2.08. The van der Waals surface area contributed by atoms with Crippen LogP contribution in [0.15, 0.2) is 58.7 Å². The van der Waals surface area contributed by atoms with Crippen molar-refractivity contribution in [3.05, 3.63) is 70.5 Å². The van der Waals surface area contributed by atoms with Gasteiger partial charge in [0.15, 0.2) is 22.5 Å². The molecule has 7 nitrogen and oxygen atoms in total. The van der Waals surface area contributed by atoms with Crippen LogP contribution in [-0.2, 0) is 17.9 Å². The monoisotopic (exact) mass is 530 g/mol. The lowest BCUT2D eigenvalue weighted by atomic mass is 10.2. The van der Waals surface area contributed by atoms with Crippen molar-refractivity contribution in [3.63, 3.8) is 0 Å². The molecule has 174 valence electrons. The number of hydrogen-bond donors (Lipinski definition) is 1. The van der Waals surface area contributed by atoms with E-state index in [4.69, 9.17) is 9.47 Å². The molecule has 9 heteroatoms. The average Bonchev–Trinajstić information content (AvgIpc) is 3.16. The summed E-state index contributed by atoms with van der Waals surface area (Å²) in [6.45, 7) is 11.0. The largest absolute Gasteiger partial charge is 0.490 e. The van der Waals surface area contributed by atoms with E-state index in [0.29, 0.717) is 35.6 Å². The number of benzene rings is 2. The molecule has 1 heterocycles. The molecule has 0 radical (unpaired) electrons. The first-order valence-corrected chi connectivity index (χ1v) is 12.3. The fourth-order valence-electron chi connectivity index (χ4n) is 3.07. The summed E-state index contributed by atoms with van der Waals surface area (Å²) in [4.78, 5) is 12.5. The van der Waals surface area contributed by atoms with Crippen LogP contribution in [0.1, 0.15) is 23.9 Å². The fourth-order valence-corrected chi connectivity index (χ4v) is 4.32. The molecule has 3 rings (SSSR count). The Kier molecular flexibility index (Phi) is 8.96.